The molecule has 10 heteroatoms. The van der Waals surface area contributed by atoms with E-state index in [1.807, 2.05) is 0 Å². The van der Waals surface area contributed by atoms with E-state index in [1.165, 1.54) is 43.5 Å². The van der Waals surface area contributed by atoms with E-state index in [4.69, 9.17) is 32.7 Å². The molecular weight excluding hydrogens is 407 g/mol. The Labute approximate surface area is 162 Å². The zero-order valence-electron chi connectivity index (χ0n) is 13.8. The Bertz CT molecular complexity index is 848. The molecule has 1 amide bonds. The minimum Gasteiger partial charge on any atom is -0.496 e. The Balaban J connectivity index is 1.95. The zero-order valence-corrected chi connectivity index (χ0v) is 15.3. The van der Waals surface area contributed by atoms with Gasteiger partial charge in [0.15, 0.2) is 6.61 Å². The van der Waals surface area contributed by atoms with Crippen LogP contribution in [-0.4, -0.2) is 32.2 Å². The average Bonchev–Trinajstić information content (AvgIpc) is 2.61. The van der Waals surface area contributed by atoms with E-state index in [9.17, 15) is 18.4 Å². The Hall–Kier alpha value is -2.58. The number of esters is 1. The van der Waals surface area contributed by atoms with Crippen molar-refractivity contribution < 1.29 is 32.6 Å². The van der Waals surface area contributed by atoms with Crippen molar-refractivity contribution in [3.63, 3.8) is 0 Å². The molecule has 0 aliphatic carbocycles. The standard InChI is InChI=1S/C17H13Cl2F2NO5/c1-25-13-4-2-9(18)6-11(13)16(24)26-8-15(23)22-10-3-5-14(12(19)7-10)27-17(20)21/h2-7,17H,8H2,1H3,(H,22,23). The number of halogens is 4. The molecule has 1 N–H and O–H groups in total. The molecule has 6 nitrogen and oxygen atoms in total. The molecule has 0 fully saturated rings. The summed E-state index contributed by atoms with van der Waals surface area (Å²) in [5.41, 5.74) is 0.275. The fourth-order valence-corrected chi connectivity index (χ4v) is 2.41. The molecule has 144 valence electrons. The maximum atomic E-state index is 12.2. The number of amides is 1. The maximum absolute atomic E-state index is 12.2. The van der Waals surface area contributed by atoms with Crippen molar-refractivity contribution in [3.8, 4) is 11.5 Å². The number of carbonyl (C=O) groups is 2. The number of benzene rings is 2. The molecule has 0 saturated heterocycles. The first kappa shape index (κ1) is 20.7. The Morgan fingerprint density at radius 3 is 2.44 bits per heavy atom. The van der Waals surface area contributed by atoms with E-state index >= 15 is 0 Å². The Morgan fingerprint density at radius 1 is 1.11 bits per heavy atom. The van der Waals surface area contributed by atoms with E-state index < -0.39 is 25.1 Å². The number of hydrogen-bond donors (Lipinski definition) is 1. The van der Waals surface area contributed by atoms with Gasteiger partial charge in [-0.3, -0.25) is 4.79 Å². The number of methoxy groups -OCH3 is 1. The molecule has 0 saturated carbocycles. The van der Waals surface area contributed by atoms with E-state index in [0.29, 0.717) is 5.02 Å². The molecule has 0 aliphatic heterocycles. The van der Waals surface area contributed by atoms with Crippen molar-refractivity contribution in [2.45, 2.75) is 6.61 Å². The van der Waals surface area contributed by atoms with Gasteiger partial charge in [-0.15, -0.1) is 0 Å². The summed E-state index contributed by atoms with van der Waals surface area (Å²) in [4.78, 5) is 24.0. The molecular formula is C17H13Cl2F2NO5. The third kappa shape index (κ3) is 5.97. The van der Waals surface area contributed by atoms with Crippen LogP contribution in [0.4, 0.5) is 14.5 Å². The van der Waals surface area contributed by atoms with E-state index in [1.54, 1.807) is 0 Å². The van der Waals surface area contributed by atoms with Crippen LogP contribution in [0.5, 0.6) is 11.5 Å². The summed E-state index contributed by atoms with van der Waals surface area (Å²) < 4.78 is 38.5. The molecule has 0 heterocycles. The molecule has 0 radical (unpaired) electrons. The van der Waals surface area contributed by atoms with Gasteiger partial charge in [0.05, 0.1) is 12.1 Å². The average molecular weight is 420 g/mol. The number of alkyl halides is 2. The van der Waals surface area contributed by atoms with Gasteiger partial charge in [-0.05, 0) is 36.4 Å². The first-order chi connectivity index (χ1) is 12.8. The number of ether oxygens (including phenoxy) is 3. The minimum absolute atomic E-state index is 0.0642. The van der Waals surface area contributed by atoms with Crippen molar-refractivity contribution in [1.82, 2.24) is 0 Å². The lowest BCUT2D eigenvalue weighted by Gasteiger charge is -2.11. The minimum atomic E-state index is -3.02. The van der Waals surface area contributed by atoms with Crippen molar-refractivity contribution in [2.24, 2.45) is 0 Å². The van der Waals surface area contributed by atoms with Gasteiger partial charge < -0.3 is 19.5 Å². The van der Waals surface area contributed by atoms with Crippen LogP contribution in [0.3, 0.4) is 0 Å². The monoisotopic (exact) mass is 419 g/mol. The number of hydrogen-bond acceptors (Lipinski definition) is 5. The van der Waals surface area contributed by atoms with Gasteiger partial charge in [0, 0.05) is 10.7 Å². The molecule has 27 heavy (non-hydrogen) atoms. The molecule has 0 bridgehead atoms. The van der Waals surface area contributed by atoms with Crippen LogP contribution < -0.4 is 14.8 Å². The lowest BCUT2D eigenvalue weighted by Crippen LogP contribution is -2.21. The summed E-state index contributed by atoms with van der Waals surface area (Å²) >= 11 is 11.6. The summed E-state index contributed by atoms with van der Waals surface area (Å²) in [5.74, 6) is -1.46. The summed E-state index contributed by atoms with van der Waals surface area (Å²) in [6.07, 6.45) is 0. The van der Waals surface area contributed by atoms with Crippen LogP contribution in [0.1, 0.15) is 10.4 Å². The number of rotatable bonds is 7. The Morgan fingerprint density at radius 2 is 1.81 bits per heavy atom. The highest BCUT2D eigenvalue weighted by Crippen LogP contribution is 2.29. The van der Waals surface area contributed by atoms with E-state index in [-0.39, 0.29) is 27.8 Å². The van der Waals surface area contributed by atoms with Crippen LogP contribution >= 0.6 is 23.2 Å². The summed E-state index contributed by atoms with van der Waals surface area (Å²) in [7, 11) is 1.37. The SMILES string of the molecule is COc1ccc(Cl)cc1C(=O)OCC(=O)Nc1ccc(OC(F)F)c(Cl)c1. The lowest BCUT2D eigenvalue weighted by molar-refractivity contribution is -0.119. The van der Waals surface area contributed by atoms with E-state index in [0.717, 1.165) is 0 Å². The van der Waals surface area contributed by atoms with Crippen molar-refractivity contribution >= 4 is 40.8 Å². The highest BCUT2D eigenvalue weighted by molar-refractivity contribution is 6.32. The second-order valence-corrected chi connectivity index (χ2v) is 5.84. The fraction of sp³-hybridized carbons (Fsp3) is 0.176. The van der Waals surface area contributed by atoms with Gasteiger partial charge in [-0.1, -0.05) is 23.2 Å². The van der Waals surface area contributed by atoms with Gasteiger partial charge in [0.25, 0.3) is 5.91 Å². The fourth-order valence-electron chi connectivity index (χ4n) is 2.02. The highest BCUT2D eigenvalue weighted by atomic mass is 35.5. The van der Waals surface area contributed by atoms with Gasteiger partial charge >= 0.3 is 12.6 Å². The van der Waals surface area contributed by atoms with Crippen LogP contribution in [-0.2, 0) is 9.53 Å². The van der Waals surface area contributed by atoms with Gasteiger partial charge in [-0.25, -0.2) is 4.79 Å². The van der Waals surface area contributed by atoms with Crippen molar-refractivity contribution in [1.29, 1.82) is 0 Å². The third-order valence-electron chi connectivity index (χ3n) is 3.15. The molecule has 2 rings (SSSR count). The summed E-state index contributed by atoms with van der Waals surface area (Å²) in [5, 5.41) is 2.59. The second-order valence-electron chi connectivity index (χ2n) is 4.99. The largest absolute Gasteiger partial charge is 0.496 e. The van der Waals surface area contributed by atoms with Crippen molar-refractivity contribution in [2.75, 3.05) is 19.0 Å². The molecule has 0 atom stereocenters. The molecule has 2 aromatic rings. The third-order valence-corrected chi connectivity index (χ3v) is 3.68. The van der Waals surface area contributed by atoms with Gasteiger partial charge in [0.2, 0.25) is 0 Å². The number of nitrogens with one attached hydrogen (secondary N) is 1. The number of anilines is 1. The normalized spacial score (nSPS) is 10.4. The van der Waals surface area contributed by atoms with Crippen LogP contribution in [0.25, 0.3) is 0 Å². The van der Waals surface area contributed by atoms with Crippen LogP contribution in [0.15, 0.2) is 36.4 Å². The summed E-state index contributed by atoms with van der Waals surface area (Å²) in [6, 6.07) is 8.08. The first-order valence-electron chi connectivity index (χ1n) is 7.35. The van der Waals surface area contributed by atoms with Crippen molar-refractivity contribution in [3.05, 3.63) is 52.0 Å². The van der Waals surface area contributed by atoms with Crippen LogP contribution in [0.2, 0.25) is 10.0 Å². The van der Waals surface area contributed by atoms with Crippen LogP contribution in [0, 0.1) is 0 Å². The first-order valence-corrected chi connectivity index (χ1v) is 8.10. The van der Waals surface area contributed by atoms with Gasteiger partial charge in [0.1, 0.15) is 17.1 Å². The van der Waals surface area contributed by atoms with Gasteiger partial charge in [-0.2, -0.15) is 8.78 Å². The summed E-state index contributed by atoms with van der Waals surface area (Å²) in [6.45, 7) is -3.62. The quantitative estimate of drug-likeness (QED) is 0.673. The smallest absolute Gasteiger partial charge is 0.387 e. The maximum Gasteiger partial charge on any atom is 0.387 e. The lowest BCUT2D eigenvalue weighted by atomic mass is 10.2. The molecule has 0 aliphatic rings. The number of carbonyl (C=O) groups excluding carboxylic acids is 2. The predicted octanol–water partition coefficient (Wildman–Crippen LogP) is 4.40. The zero-order chi connectivity index (χ0) is 20.0. The molecule has 0 aromatic heterocycles. The molecule has 0 spiro atoms. The highest BCUT2D eigenvalue weighted by Gasteiger charge is 2.16. The topological polar surface area (TPSA) is 73.9 Å². The molecule has 0 unspecified atom stereocenters. The predicted molar refractivity (Wildman–Crippen MR) is 95.0 cm³/mol. The Kier molecular flexibility index (Phi) is 7.20. The van der Waals surface area contributed by atoms with E-state index in [2.05, 4.69) is 10.1 Å². The molecule has 2 aromatic carbocycles. The second kappa shape index (κ2) is 9.38.